The van der Waals surface area contributed by atoms with E-state index in [1.807, 2.05) is 38.5 Å². The van der Waals surface area contributed by atoms with Crippen LogP contribution in [0.25, 0.3) is 22.6 Å². The van der Waals surface area contributed by atoms with E-state index in [2.05, 4.69) is 39.8 Å². The second kappa shape index (κ2) is 10.0. The Labute approximate surface area is 218 Å². The highest BCUT2D eigenvalue weighted by atomic mass is 28.3. The quantitative estimate of drug-likeness (QED) is 0.303. The summed E-state index contributed by atoms with van der Waals surface area (Å²) in [5.74, 6) is 1.46. The largest absolute Gasteiger partial charge is 0.465 e. The maximum Gasteiger partial charge on any atom is 0.410 e. The Bertz CT molecular complexity index is 1260. The van der Waals surface area contributed by atoms with Crippen molar-refractivity contribution in [1.29, 1.82) is 0 Å². The van der Waals surface area contributed by atoms with E-state index in [4.69, 9.17) is 14.5 Å². The molecule has 2 N–H and O–H groups in total. The summed E-state index contributed by atoms with van der Waals surface area (Å²) in [6.07, 6.45) is 4.70. The van der Waals surface area contributed by atoms with Crippen LogP contribution in [0.5, 0.6) is 5.88 Å². The molecule has 4 heterocycles. The van der Waals surface area contributed by atoms with Gasteiger partial charge in [-0.1, -0.05) is 40.4 Å². The highest BCUT2D eigenvalue weighted by molar-refractivity contribution is 6.76. The Hall–Kier alpha value is -2.99. The van der Waals surface area contributed by atoms with Crippen molar-refractivity contribution in [3.05, 3.63) is 18.2 Å². The molecular weight excluding hydrogens is 490 g/mol. The first-order valence-corrected chi connectivity index (χ1v) is 16.5. The zero-order chi connectivity index (χ0) is 27.0. The molecule has 11 nitrogen and oxygen atoms in total. The summed E-state index contributed by atoms with van der Waals surface area (Å²) in [4.78, 5) is 27.6. The number of hydrogen-bond acceptors (Lipinski definition) is 7. The smallest absolute Gasteiger partial charge is 0.410 e. The number of rotatable bonds is 8. The number of amides is 1. The first-order chi connectivity index (χ1) is 17.3. The number of H-pyrrole nitrogens is 1. The van der Waals surface area contributed by atoms with Gasteiger partial charge in [0.15, 0.2) is 17.2 Å². The molecule has 3 aromatic heterocycles. The molecule has 202 valence electrons. The van der Waals surface area contributed by atoms with Crippen molar-refractivity contribution in [3.8, 4) is 17.3 Å². The number of nitrogens with one attached hydrogen (secondary N) is 1. The van der Waals surface area contributed by atoms with Crippen LogP contribution in [0.4, 0.5) is 4.79 Å². The average molecular weight is 530 g/mol. The van der Waals surface area contributed by atoms with Gasteiger partial charge in [-0.2, -0.15) is 5.10 Å². The summed E-state index contributed by atoms with van der Waals surface area (Å²) < 4.78 is 14.4. The van der Waals surface area contributed by atoms with Gasteiger partial charge in [-0.3, -0.25) is 10.00 Å². The van der Waals surface area contributed by atoms with E-state index in [0.717, 1.165) is 18.9 Å². The molecule has 1 atom stereocenters. The van der Waals surface area contributed by atoms with Gasteiger partial charge in [0.05, 0.1) is 11.8 Å². The van der Waals surface area contributed by atoms with Crippen molar-refractivity contribution in [3.63, 3.8) is 0 Å². The Kier molecular flexibility index (Phi) is 7.35. The minimum Gasteiger partial charge on any atom is -0.465 e. The lowest BCUT2D eigenvalue weighted by Gasteiger charge is -2.52. The van der Waals surface area contributed by atoms with Crippen LogP contribution in [0, 0.1) is 12.3 Å². The second-order valence-corrected chi connectivity index (χ2v) is 17.6. The van der Waals surface area contributed by atoms with E-state index >= 15 is 0 Å². The lowest BCUT2D eigenvalue weighted by molar-refractivity contribution is -0.162. The number of aryl methyl sites for hydroxylation is 1. The van der Waals surface area contributed by atoms with Gasteiger partial charge < -0.3 is 19.1 Å². The van der Waals surface area contributed by atoms with Gasteiger partial charge in [-0.05, 0) is 25.8 Å². The molecule has 0 spiro atoms. The maximum absolute atomic E-state index is 12.2. The number of aromatic amines is 1. The van der Waals surface area contributed by atoms with Crippen LogP contribution in [0.3, 0.4) is 0 Å². The molecule has 1 fully saturated rings. The summed E-state index contributed by atoms with van der Waals surface area (Å²) in [5, 5.41) is 17.2. The molecule has 4 rings (SSSR count). The van der Waals surface area contributed by atoms with Crippen molar-refractivity contribution in [1.82, 2.24) is 34.6 Å². The van der Waals surface area contributed by atoms with Gasteiger partial charge in [-0.25, -0.2) is 19.7 Å². The third kappa shape index (κ3) is 5.64. The topological polar surface area (TPSA) is 131 Å². The van der Waals surface area contributed by atoms with Crippen molar-refractivity contribution >= 4 is 25.3 Å². The van der Waals surface area contributed by atoms with Crippen molar-refractivity contribution in [2.75, 3.05) is 13.2 Å². The van der Waals surface area contributed by atoms with Gasteiger partial charge in [0.25, 0.3) is 0 Å². The van der Waals surface area contributed by atoms with Crippen molar-refractivity contribution in [2.24, 2.45) is 5.41 Å². The molecule has 1 unspecified atom stereocenters. The fourth-order valence-corrected chi connectivity index (χ4v) is 5.52. The molecule has 1 aliphatic heterocycles. The van der Waals surface area contributed by atoms with Crippen LogP contribution in [0.15, 0.2) is 12.4 Å². The lowest BCUT2D eigenvalue weighted by Crippen LogP contribution is -2.64. The van der Waals surface area contributed by atoms with Gasteiger partial charge in [0.2, 0.25) is 5.88 Å². The summed E-state index contributed by atoms with van der Waals surface area (Å²) in [5.41, 5.74) is 0.342. The lowest BCUT2D eigenvalue weighted by atomic mass is 9.76. The average Bonchev–Trinajstić information content (AvgIpc) is 3.38. The summed E-state index contributed by atoms with van der Waals surface area (Å²) in [6, 6.07) is 1.07. The van der Waals surface area contributed by atoms with Gasteiger partial charge in [-0.15, -0.1) is 0 Å². The first kappa shape index (κ1) is 27.1. The van der Waals surface area contributed by atoms with Gasteiger partial charge >= 0.3 is 6.09 Å². The van der Waals surface area contributed by atoms with Crippen LogP contribution >= 0.6 is 0 Å². The third-order valence-corrected chi connectivity index (χ3v) is 8.57. The molecule has 0 aliphatic carbocycles. The number of fused-ring (bicyclic) bond motifs is 1. The maximum atomic E-state index is 12.2. The molecule has 3 aromatic rings. The molecule has 0 saturated carbocycles. The molecule has 1 aliphatic rings. The zero-order valence-electron chi connectivity index (χ0n) is 23.0. The number of carbonyl (C=O) groups is 1. The van der Waals surface area contributed by atoms with E-state index in [1.54, 1.807) is 6.20 Å². The molecule has 0 radical (unpaired) electrons. The Morgan fingerprint density at radius 2 is 2.00 bits per heavy atom. The van der Waals surface area contributed by atoms with Crippen LogP contribution in [0.1, 0.15) is 45.9 Å². The molecule has 12 heteroatoms. The van der Waals surface area contributed by atoms with Crippen LogP contribution in [-0.4, -0.2) is 72.8 Å². The standard InChI is InChI=1S/C25H39N7O4Si/c1-17-27-21(30-29-17)18-15-31(16-35-12-13-37(5,6)7)22-20(18)28-19(14-26-22)36-25(24(2,3)4)10-8-9-11-32(25)23(33)34/h14-15H,8-13,16H2,1-7H3,(H,33,34)(H,27,29,30). The van der Waals surface area contributed by atoms with E-state index in [-0.39, 0.29) is 5.88 Å². The van der Waals surface area contributed by atoms with E-state index in [0.29, 0.717) is 54.7 Å². The Morgan fingerprint density at radius 3 is 2.62 bits per heavy atom. The Balaban J connectivity index is 1.73. The normalized spacial score (nSPS) is 18.9. The number of likely N-dealkylation sites (tertiary alicyclic amines) is 1. The number of piperidine rings is 1. The summed E-state index contributed by atoms with van der Waals surface area (Å²) >= 11 is 0. The number of nitrogens with zero attached hydrogens (tertiary/aromatic N) is 6. The van der Waals surface area contributed by atoms with Gasteiger partial charge in [0, 0.05) is 39.3 Å². The summed E-state index contributed by atoms with van der Waals surface area (Å²) in [6.45, 7) is 16.2. The minimum absolute atomic E-state index is 0.265. The van der Waals surface area contributed by atoms with E-state index in [1.165, 1.54) is 4.90 Å². The highest BCUT2D eigenvalue weighted by Crippen LogP contribution is 2.44. The fraction of sp³-hybridized carbons (Fsp3) is 0.640. The first-order valence-electron chi connectivity index (χ1n) is 12.8. The number of aromatic nitrogens is 6. The van der Waals surface area contributed by atoms with Crippen LogP contribution < -0.4 is 4.74 Å². The minimum atomic E-state index is -1.21. The number of ether oxygens (including phenoxy) is 2. The van der Waals surface area contributed by atoms with Gasteiger partial charge in [0.1, 0.15) is 18.1 Å². The summed E-state index contributed by atoms with van der Waals surface area (Å²) in [7, 11) is -1.21. The monoisotopic (exact) mass is 529 g/mol. The molecule has 0 aromatic carbocycles. The predicted octanol–water partition coefficient (Wildman–Crippen LogP) is 5.12. The molecule has 1 saturated heterocycles. The van der Waals surface area contributed by atoms with Crippen molar-refractivity contribution in [2.45, 2.75) is 85.1 Å². The predicted molar refractivity (Wildman–Crippen MR) is 143 cm³/mol. The van der Waals surface area contributed by atoms with E-state index in [9.17, 15) is 9.90 Å². The molecule has 1 amide bonds. The molecule has 37 heavy (non-hydrogen) atoms. The zero-order valence-corrected chi connectivity index (χ0v) is 24.0. The fourth-order valence-electron chi connectivity index (χ4n) is 4.76. The van der Waals surface area contributed by atoms with Crippen LogP contribution in [-0.2, 0) is 11.5 Å². The second-order valence-electron chi connectivity index (χ2n) is 12.0. The molecule has 0 bridgehead atoms. The SMILES string of the molecule is Cc1nc(-c2cn(COCC[Si](C)(C)C)c3ncc(OC4(C(C)(C)C)CCCCN4C(=O)O)nc23)n[nH]1. The van der Waals surface area contributed by atoms with Crippen LogP contribution in [0.2, 0.25) is 25.7 Å². The molecular formula is C25H39N7O4Si. The highest BCUT2D eigenvalue weighted by Gasteiger charge is 2.53. The van der Waals surface area contributed by atoms with E-state index < -0.39 is 25.3 Å². The third-order valence-electron chi connectivity index (χ3n) is 6.87. The Morgan fingerprint density at radius 1 is 1.24 bits per heavy atom. The number of hydrogen-bond donors (Lipinski definition) is 2. The number of carboxylic acid groups (broad SMARTS) is 1. The van der Waals surface area contributed by atoms with Crippen molar-refractivity contribution < 1.29 is 19.4 Å².